The van der Waals surface area contributed by atoms with E-state index in [1.54, 1.807) is 0 Å². The predicted molar refractivity (Wildman–Crippen MR) is 121 cm³/mol. The zero-order chi connectivity index (χ0) is 25.1. The third-order valence-corrected chi connectivity index (χ3v) is 5.08. The van der Waals surface area contributed by atoms with Crippen LogP contribution in [0.1, 0.15) is 27.8 Å². The van der Waals surface area contributed by atoms with Crippen LogP contribution in [0.2, 0.25) is 0 Å². The maximum absolute atomic E-state index is 14.9. The second kappa shape index (κ2) is 9.59. The number of pyridine rings is 1. The highest BCUT2D eigenvalue weighted by molar-refractivity contribution is 6.02. The maximum atomic E-state index is 14.9. The second-order valence-electron chi connectivity index (χ2n) is 7.61. The fourth-order valence-electron chi connectivity index (χ4n) is 3.34. The summed E-state index contributed by atoms with van der Waals surface area (Å²) in [5.74, 6) is -1.97. The first-order valence-corrected chi connectivity index (χ1v) is 10.3. The molecule has 1 saturated heterocycles. The summed E-state index contributed by atoms with van der Waals surface area (Å²) in [6.45, 7) is 1.66. The summed E-state index contributed by atoms with van der Waals surface area (Å²) >= 11 is 0. The molecule has 4 rings (SSSR count). The maximum Gasteiger partial charge on any atom is 0.414 e. The monoisotopic (exact) mass is 481 g/mol. The van der Waals surface area contributed by atoms with E-state index in [0.717, 1.165) is 0 Å². The van der Waals surface area contributed by atoms with Crippen LogP contribution in [0.3, 0.4) is 0 Å². The molecule has 4 N–H and O–H groups in total. The molecule has 0 bridgehead atoms. The molecule has 0 aliphatic carbocycles. The number of nitrogens with one attached hydrogen (secondary N) is 2. The Hall–Kier alpha value is -4.81. The Labute approximate surface area is 197 Å². The van der Waals surface area contributed by atoms with Gasteiger partial charge in [0.2, 0.25) is 11.8 Å². The molecule has 2 aromatic heterocycles. The first kappa shape index (κ1) is 23.4. The van der Waals surface area contributed by atoms with Crippen LogP contribution in [0.15, 0.2) is 49.1 Å². The summed E-state index contributed by atoms with van der Waals surface area (Å²) in [5, 5.41) is 5.09. The summed E-state index contributed by atoms with van der Waals surface area (Å²) < 4.78 is 21.4. The lowest BCUT2D eigenvalue weighted by molar-refractivity contribution is -0.119. The highest BCUT2D eigenvalue weighted by atomic mass is 19.1. The molecule has 13 heteroatoms. The van der Waals surface area contributed by atoms with Crippen LogP contribution in [0.4, 0.5) is 20.7 Å². The van der Waals surface area contributed by atoms with E-state index in [1.165, 1.54) is 65.4 Å². The molecule has 3 heterocycles. The number of carbonyl (C=O) groups is 4. The largest absolute Gasteiger partial charge is 0.442 e. The van der Waals surface area contributed by atoms with E-state index >= 15 is 0 Å². The molecule has 3 aromatic rings. The molecule has 1 fully saturated rings. The van der Waals surface area contributed by atoms with E-state index in [9.17, 15) is 23.6 Å². The number of cyclic esters (lactones) is 1. The highest BCUT2D eigenvalue weighted by Crippen LogP contribution is 2.25. The van der Waals surface area contributed by atoms with Crippen molar-refractivity contribution in [3.8, 4) is 5.69 Å². The van der Waals surface area contributed by atoms with Crippen molar-refractivity contribution >= 4 is 35.3 Å². The number of nitrogens with zero attached hydrogens (tertiary/aromatic N) is 4. The Bertz CT molecular complexity index is 1310. The zero-order valence-electron chi connectivity index (χ0n) is 18.4. The number of rotatable bonds is 7. The minimum atomic E-state index is -0.659. The SMILES string of the molecule is CC(=O)NC[C@H]1CN(c2ccc(-n3cnc(C(=O)Nc4ccc(C(N)=O)cn4)c3)c(F)c2)C(=O)O1. The Morgan fingerprint density at radius 3 is 2.69 bits per heavy atom. The van der Waals surface area contributed by atoms with Crippen LogP contribution in [0.25, 0.3) is 5.69 Å². The molecular formula is C22H20FN7O5. The van der Waals surface area contributed by atoms with Gasteiger partial charge in [-0.25, -0.2) is 19.2 Å². The predicted octanol–water partition coefficient (Wildman–Crippen LogP) is 1.22. The van der Waals surface area contributed by atoms with E-state index < -0.39 is 29.8 Å². The van der Waals surface area contributed by atoms with E-state index in [0.29, 0.717) is 0 Å². The number of halogens is 1. The molecule has 180 valence electrons. The van der Waals surface area contributed by atoms with Crippen molar-refractivity contribution in [3.05, 3.63) is 66.1 Å². The molecule has 0 radical (unpaired) electrons. The van der Waals surface area contributed by atoms with Crippen molar-refractivity contribution in [1.82, 2.24) is 19.9 Å². The van der Waals surface area contributed by atoms with Gasteiger partial charge in [0.1, 0.15) is 29.8 Å². The van der Waals surface area contributed by atoms with E-state index in [2.05, 4.69) is 20.6 Å². The number of nitrogens with two attached hydrogens (primary N) is 1. The highest BCUT2D eigenvalue weighted by Gasteiger charge is 2.32. The van der Waals surface area contributed by atoms with Gasteiger partial charge in [0, 0.05) is 19.3 Å². The number of hydrogen-bond acceptors (Lipinski definition) is 7. The number of benzene rings is 1. The molecule has 0 spiro atoms. The van der Waals surface area contributed by atoms with Crippen LogP contribution in [-0.2, 0) is 9.53 Å². The number of primary amides is 1. The minimum Gasteiger partial charge on any atom is -0.442 e. The van der Waals surface area contributed by atoms with Crippen LogP contribution in [-0.4, -0.2) is 57.5 Å². The van der Waals surface area contributed by atoms with Gasteiger partial charge in [0.25, 0.3) is 5.91 Å². The molecule has 0 unspecified atom stereocenters. The number of anilines is 2. The van der Waals surface area contributed by atoms with E-state index in [4.69, 9.17) is 10.5 Å². The van der Waals surface area contributed by atoms with Crippen molar-refractivity contribution in [1.29, 1.82) is 0 Å². The Kier molecular flexibility index (Phi) is 6.40. The average Bonchev–Trinajstić information content (AvgIpc) is 3.45. The van der Waals surface area contributed by atoms with Crippen molar-refractivity contribution < 1.29 is 28.3 Å². The fourth-order valence-corrected chi connectivity index (χ4v) is 3.34. The number of hydrogen-bond donors (Lipinski definition) is 3. The van der Waals surface area contributed by atoms with Gasteiger partial charge in [0.15, 0.2) is 0 Å². The lowest BCUT2D eigenvalue weighted by Crippen LogP contribution is -2.33. The molecule has 1 aliphatic rings. The van der Waals surface area contributed by atoms with Crippen molar-refractivity contribution in [2.75, 3.05) is 23.3 Å². The molecular weight excluding hydrogens is 461 g/mol. The second-order valence-corrected chi connectivity index (χ2v) is 7.61. The molecule has 1 atom stereocenters. The van der Waals surface area contributed by atoms with Gasteiger partial charge in [-0.3, -0.25) is 19.3 Å². The minimum absolute atomic E-state index is 0.00168. The van der Waals surface area contributed by atoms with E-state index in [1.807, 2.05) is 0 Å². The number of aromatic nitrogens is 3. The normalized spacial score (nSPS) is 15.0. The lowest BCUT2D eigenvalue weighted by atomic mass is 10.2. The fraction of sp³-hybridized carbons (Fsp3) is 0.182. The summed E-state index contributed by atoms with van der Waals surface area (Å²) in [6.07, 6.45) is 2.63. The Morgan fingerprint density at radius 2 is 2.03 bits per heavy atom. The molecule has 35 heavy (non-hydrogen) atoms. The summed E-state index contributed by atoms with van der Waals surface area (Å²) in [5.41, 5.74) is 5.73. The number of imidazole rings is 1. The van der Waals surface area contributed by atoms with Gasteiger partial charge in [-0.2, -0.15) is 0 Å². The lowest BCUT2D eigenvalue weighted by Gasteiger charge is -2.14. The first-order valence-electron chi connectivity index (χ1n) is 10.3. The molecule has 1 aromatic carbocycles. The van der Waals surface area contributed by atoms with Crippen LogP contribution >= 0.6 is 0 Å². The quantitative estimate of drug-likeness (QED) is 0.457. The summed E-state index contributed by atoms with van der Waals surface area (Å²) in [7, 11) is 0. The van der Waals surface area contributed by atoms with Crippen molar-refractivity contribution in [2.45, 2.75) is 13.0 Å². The third-order valence-electron chi connectivity index (χ3n) is 5.08. The zero-order valence-corrected chi connectivity index (χ0v) is 18.4. The standard InChI is InChI=1S/C22H20FN7O5/c1-12(31)25-8-15-9-30(22(34)35-15)14-3-4-18(16(23)6-14)29-10-17(27-11-29)21(33)28-19-5-2-13(7-26-19)20(24)32/h2-7,10-11,15H,8-9H2,1H3,(H2,24,32)(H,25,31)(H,26,28,33)/t15-/m0/s1. The van der Waals surface area contributed by atoms with Crippen LogP contribution in [0.5, 0.6) is 0 Å². The smallest absolute Gasteiger partial charge is 0.414 e. The molecule has 0 saturated carbocycles. The van der Waals surface area contributed by atoms with Crippen LogP contribution < -0.4 is 21.3 Å². The van der Waals surface area contributed by atoms with E-state index in [-0.39, 0.29) is 47.4 Å². The van der Waals surface area contributed by atoms with Gasteiger partial charge in [-0.05, 0) is 30.3 Å². The Balaban J connectivity index is 1.44. The summed E-state index contributed by atoms with van der Waals surface area (Å²) in [6, 6.07) is 6.97. The molecule has 12 nitrogen and oxygen atoms in total. The van der Waals surface area contributed by atoms with Gasteiger partial charge >= 0.3 is 6.09 Å². The van der Waals surface area contributed by atoms with Crippen molar-refractivity contribution in [2.24, 2.45) is 5.73 Å². The summed E-state index contributed by atoms with van der Waals surface area (Å²) in [4.78, 5) is 56.0. The number of carbonyl (C=O) groups excluding carboxylic acids is 4. The van der Waals surface area contributed by atoms with Gasteiger partial charge in [-0.1, -0.05) is 0 Å². The molecule has 1 aliphatic heterocycles. The number of amides is 4. The van der Waals surface area contributed by atoms with Crippen molar-refractivity contribution in [3.63, 3.8) is 0 Å². The average molecular weight is 481 g/mol. The van der Waals surface area contributed by atoms with Crippen LogP contribution in [0, 0.1) is 5.82 Å². The van der Waals surface area contributed by atoms with Gasteiger partial charge < -0.3 is 25.7 Å². The third kappa shape index (κ3) is 5.24. The molecule has 4 amide bonds. The Morgan fingerprint density at radius 1 is 1.23 bits per heavy atom. The topological polar surface area (TPSA) is 162 Å². The number of ether oxygens (including phenoxy) is 1. The first-order chi connectivity index (χ1) is 16.7. The van der Waals surface area contributed by atoms with Gasteiger partial charge in [-0.15, -0.1) is 0 Å². The van der Waals surface area contributed by atoms with Gasteiger partial charge in [0.05, 0.1) is 30.0 Å².